The topological polar surface area (TPSA) is 109 Å². The summed E-state index contributed by atoms with van der Waals surface area (Å²) < 4.78 is 13.5. The molecule has 1 aliphatic heterocycles. The molecule has 1 aromatic rings. The van der Waals surface area contributed by atoms with Crippen molar-refractivity contribution in [3.63, 3.8) is 0 Å². The first-order valence-electron chi connectivity index (χ1n) is 6.62. The minimum atomic E-state index is -0.385. The third kappa shape index (κ3) is 4.06. The van der Waals surface area contributed by atoms with Gasteiger partial charge in [-0.25, -0.2) is 9.38 Å². The molecule has 0 radical (unpaired) electrons. The molecule has 21 heavy (non-hydrogen) atoms. The van der Waals surface area contributed by atoms with Crippen LogP contribution in [0.1, 0.15) is 0 Å². The molecule has 1 aliphatic rings. The highest BCUT2D eigenvalue weighted by atomic mass is 19.1. The van der Waals surface area contributed by atoms with Crippen molar-refractivity contribution < 1.29 is 4.39 Å². The van der Waals surface area contributed by atoms with Crippen LogP contribution in [0.5, 0.6) is 0 Å². The van der Waals surface area contributed by atoms with Gasteiger partial charge in [-0.3, -0.25) is 0 Å². The highest BCUT2D eigenvalue weighted by Crippen LogP contribution is 2.30. The Kier molecular flexibility index (Phi) is 4.59. The molecule has 1 heterocycles. The molecular weight excluding hydrogens is 273 g/mol. The Hall–Kier alpha value is -2.35. The third-order valence-electron chi connectivity index (χ3n) is 3.26. The Morgan fingerprint density at radius 3 is 2.43 bits per heavy atom. The Bertz CT molecular complexity index is 558. The van der Waals surface area contributed by atoms with Crippen LogP contribution in [0.25, 0.3) is 0 Å². The summed E-state index contributed by atoms with van der Waals surface area (Å²) >= 11 is 0. The van der Waals surface area contributed by atoms with E-state index < -0.39 is 0 Å². The number of hydrogen-bond donors (Lipinski definition) is 3. The molecular formula is C13H20FN7. The van der Waals surface area contributed by atoms with Gasteiger partial charge < -0.3 is 27.0 Å². The van der Waals surface area contributed by atoms with E-state index in [1.54, 1.807) is 6.07 Å². The van der Waals surface area contributed by atoms with Crippen molar-refractivity contribution in [3.05, 3.63) is 24.0 Å². The summed E-state index contributed by atoms with van der Waals surface area (Å²) in [6, 6.07) is 4.43. The largest absolute Gasteiger partial charge is 0.370 e. The fourth-order valence-corrected chi connectivity index (χ4v) is 2.18. The SMILES string of the molecule is CN1CCN(c2ccc(F)cc2N=C(N)N=C(N)N)CC1. The lowest BCUT2D eigenvalue weighted by atomic mass is 10.2. The zero-order chi connectivity index (χ0) is 15.4. The molecule has 0 atom stereocenters. The van der Waals surface area contributed by atoms with Gasteiger partial charge in [0.1, 0.15) is 5.82 Å². The maximum absolute atomic E-state index is 13.5. The monoisotopic (exact) mass is 293 g/mol. The molecule has 8 heteroatoms. The predicted molar refractivity (Wildman–Crippen MR) is 83.2 cm³/mol. The van der Waals surface area contributed by atoms with Crippen LogP contribution in [0.15, 0.2) is 28.2 Å². The van der Waals surface area contributed by atoms with Crippen LogP contribution in [-0.4, -0.2) is 50.0 Å². The van der Waals surface area contributed by atoms with Crippen molar-refractivity contribution in [1.29, 1.82) is 0 Å². The first-order chi connectivity index (χ1) is 9.95. The highest BCUT2D eigenvalue weighted by Gasteiger charge is 2.17. The molecule has 6 N–H and O–H groups in total. The Morgan fingerprint density at radius 1 is 1.14 bits per heavy atom. The number of nitrogens with zero attached hydrogens (tertiary/aromatic N) is 4. The average molecular weight is 293 g/mol. The lowest BCUT2D eigenvalue weighted by molar-refractivity contribution is 0.313. The number of hydrogen-bond acceptors (Lipinski definition) is 3. The molecule has 0 amide bonds. The molecule has 0 bridgehead atoms. The predicted octanol–water partition coefficient (Wildman–Crippen LogP) is -0.203. The van der Waals surface area contributed by atoms with Crippen molar-refractivity contribution in [2.45, 2.75) is 0 Å². The second-order valence-electron chi connectivity index (χ2n) is 4.93. The van der Waals surface area contributed by atoms with E-state index in [9.17, 15) is 4.39 Å². The zero-order valence-electron chi connectivity index (χ0n) is 12.0. The first-order valence-corrected chi connectivity index (χ1v) is 6.62. The van der Waals surface area contributed by atoms with Crippen molar-refractivity contribution in [3.8, 4) is 0 Å². The van der Waals surface area contributed by atoms with Gasteiger partial charge in [0.25, 0.3) is 0 Å². The molecule has 0 aliphatic carbocycles. The Labute approximate surface area is 122 Å². The summed E-state index contributed by atoms with van der Waals surface area (Å²) in [7, 11) is 2.07. The summed E-state index contributed by atoms with van der Waals surface area (Å²) in [4.78, 5) is 12.1. The number of likely N-dealkylation sites (N-methyl/N-ethyl adjacent to an activating group) is 1. The Morgan fingerprint density at radius 2 is 1.81 bits per heavy atom. The summed E-state index contributed by atoms with van der Waals surface area (Å²) in [5.74, 6) is -0.672. The second kappa shape index (κ2) is 6.40. The number of benzene rings is 1. The lowest BCUT2D eigenvalue weighted by Crippen LogP contribution is -2.44. The maximum Gasteiger partial charge on any atom is 0.223 e. The van der Waals surface area contributed by atoms with Gasteiger partial charge in [0, 0.05) is 32.2 Å². The first kappa shape index (κ1) is 15.0. The normalized spacial score (nSPS) is 16.9. The maximum atomic E-state index is 13.5. The fraction of sp³-hybridized carbons (Fsp3) is 0.385. The molecule has 0 spiro atoms. The smallest absolute Gasteiger partial charge is 0.223 e. The van der Waals surface area contributed by atoms with Gasteiger partial charge >= 0.3 is 0 Å². The van der Waals surface area contributed by atoms with Gasteiger partial charge in [0.05, 0.1) is 11.4 Å². The average Bonchev–Trinajstić information content (AvgIpc) is 2.39. The van der Waals surface area contributed by atoms with Crippen LogP contribution in [-0.2, 0) is 0 Å². The molecule has 7 nitrogen and oxygen atoms in total. The molecule has 1 saturated heterocycles. The van der Waals surface area contributed by atoms with Gasteiger partial charge in [0.15, 0.2) is 5.96 Å². The number of anilines is 1. The molecule has 0 unspecified atom stereocenters. The summed E-state index contributed by atoms with van der Waals surface area (Å²) in [6.45, 7) is 3.55. The molecule has 114 valence electrons. The molecule has 0 saturated carbocycles. The van der Waals surface area contributed by atoms with Crippen LogP contribution in [0.3, 0.4) is 0 Å². The zero-order valence-corrected chi connectivity index (χ0v) is 12.0. The third-order valence-corrected chi connectivity index (χ3v) is 3.26. The Balaban J connectivity index is 2.32. The molecule has 1 aromatic carbocycles. The van der Waals surface area contributed by atoms with Crippen LogP contribution in [0, 0.1) is 5.82 Å². The minimum Gasteiger partial charge on any atom is -0.370 e. The number of nitrogens with two attached hydrogens (primary N) is 3. The fourth-order valence-electron chi connectivity index (χ4n) is 2.18. The van der Waals surface area contributed by atoms with Crippen LogP contribution in [0.2, 0.25) is 0 Å². The van der Waals surface area contributed by atoms with Gasteiger partial charge in [-0.05, 0) is 19.2 Å². The van der Waals surface area contributed by atoms with Crippen LogP contribution < -0.4 is 22.1 Å². The minimum absolute atomic E-state index is 0.101. The van der Waals surface area contributed by atoms with Crippen molar-refractivity contribution in [2.24, 2.45) is 27.2 Å². The number of halogens is 1. The van der Waals surface area contributed by atoms with E-state index in [-0.39, 0.29) is 17.7 Å². The molecule has 0 aromatic heterocycles. The second-order valence-corrected chi connectivity index (χ2v) is 4.93. The van der Waals surface area contributed by atoms with E-state index in [0.717, 1.165) is 31.9 Å². The van der Waals surface area contributed by atoms with Gasteiger partial charge in [0.2, 0.25) is 5.96 Å². The van der Waals surface area contributed by atoms with Crippen molar-refractivity contribution in [2.75, 3.05) is 38.1 Å². The summed E-state index contributed by atoms with van der Waals surface area (Å²) in [5.41, 5.74) is 17.4. The van der Waals surface area contributed by atoms with E-state index in [4.69, 9.17) is 17.2 Å². The highest BCUT2D eigenvalue weighted by molar-refractivity contribution is 5.94. The quantitative estimate of drug-likeness (QED) is 0.516. The van der Waals surface area contributed by atoms with E-state index in [0.29, 0.717) is 5.69 Å². The van der Waals surface area contributed by atoms with Gasteiger partial charge in [-0.1, -0.05) is 0 Å². The summed E-state index contributed by atoms with van der Waals surface area (Å²) in [6.07, 6.45) is 0. The van der Waals surface area contributed by atoms with Crippen LogP contribution in [0.4, 0.5) is 15.8 Å². The number of piperazine rings is 1. The standard InChI is InChI=1S/C13H20FN7/c1-20-4-6-21(7-5-20)11-3-2-9(14)8-10(11)18-13(17)19-12(15)16/h2-3,8H,4-7H2,1H3,(H6,15,16,17,18,19). The lowest BCUT2D eigenvalue weighted by Gasteiger charge is -2.34. The number of rotatable bonds is 2. The van der Waals surface area contributed by atoms with Gasteiger partial charge in [-0.15, -0.1) is 0 Å². The summed E-state index contributed by atoms with van der Waals surface area (Å²) in [5, 5.41) is 0. The van der Waals surface area contributed by atoms with Crippen molar-refractivity contribution in [1.82, 2.24) is 4.90 Å². The van der Waals surface area contributed by atoms with E-state index in [2.05, 4.69) is 26.8 Å². The van der Waals surface area contributed by atoms with Crippen molar-refractivity contribution >= 4 is 23.3 Å². The molecule has 1 fully saturated rings. The molecule has 2 rings (SSSR count). The number of aliphatic imine (C=N–C) groups is 2. The van der Waals surface area contributed by atoms with E-state index in [1.165, 1.54) is 12.1 Å². The van der Waals surface area contributed by atoms with E-state index >= 15 is 0 Å². The van der Waals surface area contributed by atoms with Gasteiger partial charge in [-0.2, -0.15) is 4.99 Å². The van der Waals surface area contributed by atoms with E-state index in [1.807, 2.05) is 0 Å². The van der Waals surface area contributed by atoms with Crippen LogP contribution >= 0.6 is 0 Å². The number of guanidine groups is 2.